The lowest BCUT2D eigenvalue weighted by molar-refractivity contribution is 0.200. The lowest BCUT2D eigenvalue weighted by Gasteiger charge is -2.25. The highest BCUT2D eigenvalue weighted by Gasteiger charge is 2.19. The first-order chi connectivity index (χ1) is 7.13. The smallest absolute Gasteiger partial charge is 0.0471 e. The third kappa shape index (κ3) is 4.49. The average molecular weight is 214 g/mol. The van der Waals surface area contributed by atoms with Crippen molar-refractivity contribution in [3.63, 3.8) is 0 Å². The van der Waals surface area contributed by atoms with E-state index in [1.807, 2.05) is 0 Å². The Bertz CT molecular complexity index is 169. The molecule has 0 spiro atoms. The molecule has 1 rings (SSSR count). The summed E-state index contributed by atoms with van der Waals surface area (Å²) in [4.78, 5) is 0. The highest BCUT2D eigenvalue weighted by molar-refractivity contribution is 4.80. The van der Waals surface area contributed by atoms with Gasteiger partial charge in [-0.05, 0) is 45.6 Å². The van der Waals surface area contributed by atoms with Crippen molar-refractivity contribution in [3.8, 4) is 0 Å². The predicted octanol–water partition coefficient (Wildman–Crippen LogP) is 1.12. The Kier molecular flexibility index (Phi) is 5.58. The van der Waals surface area contributed by atoms with Crippen LogP contribution in [0.1, 0.15) is 40.0 Å². The molecule has 1 heterocycles. The van der Waals surface area contributed by atoms with Crippen LogP contribution in [0.15, 0.2) is 0 Å². The van der Waals surface area contributed by atoms with Gasteiger partial charge in [-0.25, -0.2) is 0 Å². The molecular weight excluding hydrogens is 188 g/mol. The first-order valence-electron chi connectivity index (χ1n) is 6.23. The Hall–Kier alpha value is -0.120. The van der Waals surface area contributed by atoms with Gasteiger partial charge in [0, 0.05) is 24.7 Å². The first kappa shape index (κ1) is 12.9. The molecule has 0 aromatic rings. The molecular formula is C12H26N2O. The summed E-state index contributed by atoms with van der Waals surface area (Å²) in [6, 6.07) is 1.63. The zero-order valence-corrected chi connectivity index (χ0v) is 10.3. The molecule has 0 amide bonds. The summed E-state index contributed by atoms with van der Waals surface area (Å²) in [7, 11) is 0. The van der Waals surface area contributed by atoms with E-state index < -0.39 is 0 Å². The Morgan fingerprint density at radius 3 is 2.67 bits per heavy atom. The lowest BCUT2D eigenvalue weighted by atomic mass is 10.0. The molecule has 4 atom stereocenters. The molecule has 0 aromatic carbocycles. The maximum absolute atomic E-state index is 9.05. The van der Waals surface area contributed by atoms with Crippen LogP contribution in [0.4, 0.5) is 0 Å². The van der Waals surface area contributed by atoms with Crippen LogP contribution in [0.2, 0.25) is 0 Å². The summed E-state index contributed by atoms with van der Waals surface area (Å²) in [6.45, 7) is 7.92. The van der Waals surface area contributed by atoms with Gasteiger partial charge in [0.25, 0.3) is 0 Å². The molecule has 0 radical (unpaired) electrons. The van der Waals surface area contributed by atoms with Crippen molar-refractivity contribution in [2.75, 3.05) is 13.2 Å². The minimum atomic E-state index is 0.266. The molecule has 0 aliphatic carbocycles. The van der Waals surface area contributed by atoms with Gasteiger partial charge in [-0.2, -0.15) is 0 Å². The zero-order valence-electron chi connectivity index (χ0n) is 10.3. The standard InChI is InChI=1S/C12H26N2O/c1-9(8-15)11(3)14-10(2)7-12-5-4-6-13-12/h9-15H,4-8H2,1-3H3. The van der Waals surface area contributed by atoms with E-state index in [1.165, 1.54) is 25.8 Å². The van der Waals surface area contributed by atoms with Crippen LogP contribution < -0.4 is 10.6 Å². The number of aliphatic hydroxyl groups is 1. The second-order valence-electron chi connectivity index (χ2n) is 5.05. The quantitative estimate of drug-likeness (QED) is 0.621. The van der Waals surface area contributed by atoms with E-state index in [2.05, 4.69) is 31.4 Å². The van der Waals surface area contributed by atoms with Gasteiger partial charge in [0.2, 0.25) is 0 Å². The predicted molar refractivity (Wildman–Crippen MR) is 64.0 cm³/mol. The van der Waals surface area contributed by atoms with Crippen LogP contribution in [0.5, 0.6) is 0 Å². The molecule has 3 N–H and O–H groups in total. The van der Waals surface area contributed by atoms with Crippen LogP contribution in [0, 0.1) is 5.92 Å². The summed E-state index contributed by atoms with van der Waals surface area (Å²) in [5, 5.41) is 16.1. The van der Waals surface area contributed by atoms with Crippen LogP contribution >= 0.6 is 0 Å². The number of nitrogens with one attached hydrogen (secondary N) is 2. The molecule has 0 bridgehead atoms. The summed E-state index contributed by atoms with van der Waals surface area (Å²) in [6.07, 6.45) is 3.83. The largest absolute Gasteiger partial charge is 0.396 e. The van der Waals surface area contributed by atoms with Crippen molar-refractivity contribution in [2.45, 2.75) is 58.2 Å². The van der Waals surface area contributed by atoms with Gasteiger partial charge in [-0.15, -0.1) is 0 Å². The van der Waals surface area contributed by atoms with Crippen LogP contribution in [0.25, 0.3) is 0 Å². The van der Waals surface area contributed by atoms with Crippen molar-refractivity contribution < 1.29 is 5.11 Å². The van der Waals surface area contributed by atoms with E-state index in [0.717, 1.165) is 0 Å². The van der Waals surface area contributed by atoms with E-state index in [0.29, 0.717) is 24.0 Å². The number of hydrogen-bond acceptors (Lipinski definition) is 3. The fraction of sp³-hybridized carbons (Fsp3) is 1.00. The van der Waals surface area contributed by atoms with Crippen LogP contribution in [-0.4, -0.2) is 36.4 Å². The van der Waals surface area contributed by atoms with Crippen LogP contribution in [-0.2, 0) is 0 Å². The van der Waals surface area contributed by atoms with Crippen molar-refractivity contribution in [1.82, 2.24) is 10.6 Å². The molecule has 3 nitrogen and oxygen atoms in total. The molecule has 90 valence electrons. The second kappa shape index (κ2) is 6.46. The number of hydrogen-bond donors (Lipinski definition) is 3. The third-order valence-electron chi connectivity index (χ3n) is 3.49. The monoisotopic (exact) mass is 214 g/mol. The van der Waals surface area contributed by atoms with Gasteiger partial charge < -0.3 is 15.7 Å². The molecule has 1 fully saturated rings. The van der Waals surface area contributed by atoms with Crippen LogP contribution in [0.3, 0.4) is 0 Å². The molecule has 1 aliphatic heterocycles. The van der Waals surface area contributed by atoms with Gasteiger partial charge in [0.15, 0.2) is 0 Å². The van der Waals surface area contributed by atoms with Crippen molar-refractivity contribution in [1.29, 1.82) is 0 Å². The Labute approximate surface area is 93.6 Å². The zero-order chi connectivity index (χ0) is 11.3. The van der Waals surface area contributed by atoms with Gasteiger partial charge in [-0.1, -0.05) is 6.92 Å². The molecule has 4 unspecified atom stereocenters. The lowest BCUT2D eigenvalue weighted by Crippen LogP contribution is -2.42. The van der Waals surface area contributed by atoms with E-state index in [-0.39, 0.29) is 6.61 Å². The molecule has 1 saturated heterocycles. The SMILES string of the molecule is CC(CC1CCCN1)NC(C)C(C)CO. The molecule has 1 aliphatic rings. The summed E-state index contributed by atoms with van der Waals surface area (Å²) >= 11 is 0. The van der Waals surface area contributed by atoms with E-state index in [4.69, 9.17) is 5.11 Å². The topological polar surface area (TPSA) is 44.3 Å². The molecule has 0 aromatic heterocycles. The maximum Gasteiger partial charge on any atom is 0.0471 e. The Morgan fingerprint density at radius 2 is 2.13 bits per heavy atom. The van der Waals surface area contributed by atoms with Crippen molar-refractivity contribution >= 4 is 0 Å². The highest BCUT2D eigenvalue weighted by atomic mass is 16.3. The average Bonchev–Trinajstić information content (AvgIpc) is 2.68. The fourth-order valence-corrected chi connectivity index (χ4v) is 2.22. The normalized spacial score (nSPS) is 27.6. The van der Waals surface area contributed by atoms with E-state index >= 15 is 0 Å². The summed E-state index contributed by atoms with van der Waals surface area (Å²) in [5.41, 5.74) is 0. The number of aliphatic hydroxyl groups excluding tert-OH is 1. The van der Waals surface area contributed by atoms with Gasteiger partial charge >= 0.3 is 0 Å². The highest BCUT2D eigenvalue weighted by Crippen LogP contribution is 2.12. The Balaban J connectivity index is 2.19. The Morgan fingerprint density at radius 1 is 1.40 bits per heavy atom. The first-order valence-corrected chi connectivity index (χ1v) is 6.23. The van der Waals surface area contributed by atoms with Gasteiger partial charge in [0.1, 0.15) is 0 Å². The van der Waals surface area contributed by atoms with Crippen molar-refractivity contribution in [2.24, 2.45) is 5.92 Å². The molecule has 0 saturated carbocycles. The van der Waals surface area contributed by atoms with E-state index in [9.17, 15) is 0 Å². The number of rotatable bonds is 6. The fourth-order valence-electron chi connectivity index (χ4n) is 2.22. The summed E-state index contributed by atoms with van der Waals surface area (Å²) < 4.78 is 0. The van der Waals surface area contributed by atoms with Crippen molar-refractivity contribution in [3.05, 3.63) is 0 Å². The second-order valence-corrected chi connectivity index (χ2v) is 5.05. The minimum Gasteiger partial charge on any atom is -0.396 e. The van der Waals surface area contributed by atoms with Gasteiger partial charge in [-0.3, -0.25) is 0 Å². The minimum absolute atomic E-state index is 0.266. The van der Waals surface area contributed by atoms with Gasteiger partial charge in [0.05, 0.1) is 0 Å². The third-order valence-corrected chi connectivity index (χ3v) is 3.49. The summed E-state index contributed by atoms with van der Waals surface area (Å²) in [5.74, 6) is 0.337. The molecule has 15 heavy (non-hydrogen) atoms. The molecule has 3 heteroatoms. The maximum atomic E-state index is 9.05. The van der Waals surface area contributed by atoms with E-state index in [1.54, 1.807) is 0 Å².